The van der Waals surface area contributed by atoms with Crippen LogP contribution in [-0.2, 0) is 28.7 Å². The molecule has 0 aromatic carbocycles. The fraction of sp³-hybridized carbons (Fsp3) is 0.625. The quantitative estimate of drug-likeness (QED) is 0.229. The number of ether oxygens (including phenoxy) is 2. The number of nitrogens with zero attached hydrogens (tertiary/aromatic N) is 1. The van der Waals surface area contributed by atoms with Crippen molar-refractivity contribution in [1.29, 1.82) is 0 Å². The first-order valence-corrected chi connectivity index (χ1v) is 7.90. The van der Waals surface area contributed by atoms with Crippen LogP contribution in [0.3, 0.4) is 0 Å². The molecule has 8 heteroatoms. The molecule has 8 atom stereocenters. The Balaban J connectivity index is 1.77. The average Bonchev–Trinajstić information content (AvgIpc) is 2.75. The Labute approximate surface area is 137 Å². The molecule has 8 nitrogen and oxygen atoms in total. The molecule has 0 radical (unpaired) electrons. The van der Waals surface area contributed by atoms with Gasteiger partial charge in [-0.15, -0.1) is 0 Å². The third kappa shape index (κ3) is 1.56. The van der Waals surface area contributed by atoms with E-state index in [0.29, 0.717) is 5.01 Å². The van der Waals surface area contributed by atoms with E-state index in [2.05, 4.69) is 0 Å². The molecule has 1 saturated heterocycles. The van der Waals surface area contributed by atoms with Crippen LogP contribution in [0.4, 0.5) is 0 Å². The normalized spacial score (nSPS) is 44.7. The van der Waals surface area contributed by atoms with Crippen molar-refractivity contribution in [3.63, 3.8) is 0 Å². The summed E-state index contributed by atoms with van der Waals surface area (Å²) in [5.74, 6) is 0.394. The van der Waals surface area contributed by atoms with Gasteiger partial charge in [-0.1, -0.05) is 12.2 Å². The van der Waals surface area contributed by atoms with Gasteiger partial charge in [0.2, 0.25) is 11.8 Å². The lowest BCUT2D eigenvalue weighted by atomic mass is 9.40. The molecule has 2 bridgehead atoms. The van der Waals surface area contributed by atoms with Crippen LogP contribution in [0.15, 0.2) is 12.2 Å². The number of imide groups is 1. The minimum Gasteiger partial charge on any atom is -0.469 e. The molecule has 128 valence electrons. The number of nitrogens with two attached hydrogens (primary N) is 1. The molecule has 5 rings (SSSR count). The molecule has 24 heavy (non-hydrogen) atoms. The summed E-state index contributed by atoms with van der Waals surface area (Å²) >= 11 is 0. The van der Waals surface area contributed by atoms with Crippen LogP contribution < -0.4 is 5.84 Å². The smallest absolute Gasteiger partial charge is 0.310 e. The van der Waals surface area contributed by atoms with Crippen LogP contribution in [0.1, 0.15) is 0 Å². The first kappa shape index (κ1) is 15.3. The Morgan fingerprint density at radius 2 is 1.29 bits per heavy atom. The number of hydrogen-bond acceptors (Lipinski definition) is 7. The molecule has 4 aliphatic carbocycles. The van der Waals surface area contributed by atoms with E-state index in [-0.39, 0.29) is 23.7 Å². The number of hydrogen-bond donors (Lipinski definition) is 1. The minimum atomic E-state index is -0.700. The van der Waals surface area contributed by atoms with Crippen molar-refractivity contribution >= 4 is 23.8 Å². The van der Waals surface area contributed by atoms with Gasteiger partial charge < -0.3 is 9.47 Å². The molecular weight excluding hydrogens is 316 g/mol. The first-order chi connectivity index (χ1) is 11.4. The van der Waals surface area contributed by atoms with E-state index in [4.69, 9.17) is 15.3 Å². The van der Waals surface area contributed by atoms with Crippen LogP contribution >= 0.6 is 0 Å². The average molecular weight is 334 g/mol. The van der Waals surface area contributed by atoms with Crippen LogP contribution in [0.25, 0.3) is 0 Å². The fourth-order valence-corrected chi connectivity index (χ4v) is 5.46. The molecule has 1 heterocycles. The van der Waals surface area contributed by atoms with Gasteiger partial charge in [0.05, 0.1) is 37.9 Å². The highest BCUT2D eigenvalue weighted by Gasteiger charge is 2.73. The van der Waals surface area contributed by atoms with Crippen molar-refractivity contribution in [1.82, 2.24) is 5.01 Å². The van der Waals surface area contributed by atoms with Crippen LogP contribution in [0.2, 0.25) is 0 Å². The van der Waals surface area contributed by atoms with Crippen molar-refractivity contribution in [2.45, 2.75) is 0 Å². The van der Waals surface area contributed by atoms with Gasteiger partial charge in [-0.2, -0.15) is 0 Å². The highest BCUT2D eigenvalue weighted by molar-refractivity contribution is 6.06. The SMILES string of the molecule is COC(=O)C1C2C=CC(C1C(=O)OC)C1C3C(=O)N(N)C(=O)C3C21. The molecule has 0 aromatic rings. The topological polar surface area (TPSA) is 116 Å². The van der Waals surface area contributed by atoms with Crippen molar-refractivity contribution in [2.75, 3.05) is 14.2 Å². The van der Waals surface area contributed by atoms with Gasteiger partial charge in [0.15, 0.2) is 0 Å². The zero-order valence-corrected chi connectivity index (χ0v) is 13.2. The fourth-order valence-electron chi connectivity index (χ4n) is 5.46. The van der Waals surface area contributed by atoms with Crippen LogP contribution in [-0.4, -0.2) is 43.0 Å². The highest BCUT2D eigenvalue weighted by Crippen LogP contribution is 2.66. The monoisotopic (exact) mass is 334 g/mol. The van der Waals surface area contributed by atoms with E-state index in [1.54, 1.807) is 0 Å². The lowest BCUT2D eigenvalue weighted by molar-refractivity contribution is -0.189. The summed E-state index contributed by atoms with van der Waals surface area (Å²) in [5, 5.41) is 0.688. The maximum Gasteiger partial charge on any atom is 0.310 e. The highest BCUT2D eigenvalue weighted by atomic mass is 16.5. The van der Waals surface area contributed by atoms with E-state index >= 15 is 0 Å². The van der Waals surface area contributed by atoms with E-state index in [1.807, 2.05) is 12.2 Å². The summed E-state index contributed by atoms with van der Waals surface area (Å²) in [6.07, 6.45) is 3.75. The predicted octanol–water partition coefficient (Wildman–Crippen LogP) is -0.898. The van der Waals surface area contributed by atoms with Gasteiger partial charge in [-0.05, 0) is 23.7 Å². The minimum absolute atomic E-state index is 0.167. The molecule has 1 aliphatic heterocycles. The molecule has 5 aliphatic rings. The van der Waals surface area contributed by atoms with E-state index < -0.39 is 47.4 Å². The second-order valence-electron chi connectivity index (χ2n) is 6.89. The Morgan fingerprint density at radius 1 is 0.917 bits per heavy atom. The number of rotatable bonds is 2. The van der Waals surface area contributed by atoms with Crippen LogP contribution in [0.5, 0.6) is 0 Å². The summed E-state index contributed by atoms with van der Waals surface area (Å²) in [4.78, 5) is 49.2. The second-order valence-corrected chi connectivity index (χ2v) is 6.89. The lowest BCUT2D eigenvalue weighted by Crippen LogP contribution is -2.65. The number of carbonyl (C=O) groups is 4. The molecular formula is C16H18N2O6. The Kier molecular flexibility index (Phi) is 3.12. The number of fused-ring (bicyclic) bond motifs is 2. The summed E-state index contributed by atoms with van der Waals surface area (Å²) in [5.41, 5.74) is 0. The second kappa shape index (κ2) is 4.89. The van der Waals surface area contributed by atoms with Gasteiger partial charge in [0.25, 0.3) is 0 Å². The largest absolute Gasteiger partial charge is 0.469 e. The zero-order chi connectivity index (χ0) is 17.3. The molecule has 0 spiro atoms. The van der Waals surface area contributed by atoms with E-state index in [0.717, 1.165) is 0 Å². The Morgan fingerprint density at radius 3 is 1.62 bits per heavy atom. The maximum absolute atomic E-state index is 12.3. The van der Waals surface area contributed by atoms with Crippen molar-refractivity contribution in [3.8, 4) is 0 Å². The van der Waals surface area contributed by atoms with E-state index in [9.17, 15) is 19.2 Å². The number of methoxy groups -OCH3 is 2. The summed E-state index contributed by atoms with van der Waals surface area (Å²) in [7, 11) is 2.55. The van der Waals surface area contributed by atoms with Gasteiger partial charge >= 0.3 is 11.9 Å². The number of amides is 2. The van der Waals surface area contributed by atoms with Gasteiger partial charge in [0.1, 0.15) is 0 Å². The number of carbonyl (C=O) groups excluding carboxylic acids is 4. The van der Waals surface area contributed by atoms with Crippen molar-refractivity contribution < 1.29 is 28.7 Å². The van der Waals surface area contributed by atoms with Gasteiger partial charge in [0, 0.05) is 0 Å². The Hall–Kier alpha value is -2.22. The molecule has 2 N–H and O–H groups in total. The first-order valence-electron chi connectivity index (χ1n) is 7.90. The third-order valence-corrected chi connectivity index (χ3v) is 6.31. The zero-order valence-electron chi connectivity index (χ0n) is 13.2. The third-order valence-electron chi connectivity index (χ3n) is 6.31. The van der Waals surface area contributed by atoms with Crippen LogP contribution in [0, 0.1) is 47.3 Å². The molecule has 8 unspecified atom stereocenters. The molecule has 2 saturated carbocycles. The number of allylic oxidation sites excluding steroid dienone is 2. The lowest BCUT2D eigenvalue weighted by Gasteiger charge is -2.61. The molecule has 3 fully saturated rings. The predicted molar refractivity (Wildman–Crippen MR) is 77.1 cm³/mol. The summed E-state index contributed by atoms with van der Waals surface area (Å²) < 4.78 is 9.78. The number of esters is 2. The van der Waals surface area contributed by atoms with Crippen molar-refractivity contribution in [2.24, 2.45) is 53.2 Å². The molecule has 2 amide bonds. The van der Waals surface area contributed by atoms with E-state index in [1.165, 1.54) is 14.2 Å². The summed E-state index contributed by atoms with van der Waals surface area (Å²) in [6, 6.07) is 0. The number of hydrazine groups is 1. The standard InChI is InChI=1S/C16H18N2O6/c1-23-15(21)9-5-3-4-6(10(9)16(22)24-2)8-7(5)11-12(8)14(20)18(17)13(11)19/h3-12H,17H2,1-2H3. The van der Waals surface area contributed by atoms with Crippen molar-refractivity contribution in [3.05, 3.63) is 12.2 Å². The van der Waals surface area contributed by atoms with Gasteiger partial charge in [-0.3, -0.25) is 19.2 Å². The van der Waals surface area contributed by atoms with Gasteiger partial charge in [-0.25, -0.2) is 10.9 Å². The summed E-state index contributed by atoms with van der Waals surface area (Å²) in [6.45, 7) is 0. The Bertz CT molecular complexity index is 632. The maximum atomic E-state index is 12.3. The molecule has 0 aromatic heterocycles.